The van der Waals surface area contributed by atoms with Crippen molar-refractivity contribution in [1.82, 2.24) is 9.69 Å². The van der Waals surface area contributed by atoms with E-state index in [1.54, 1.807) is 12.1 Å². The number of carbonyl (C=O) groups is 1. The van der Waals surface area contributed by atoms with E-state index in [0.29, 0.717) is 18.2 Å². The van der Waals surface area contributed by atoms with Crippen molar-refractivity contribution in [2.24, 2.45) is 5.92 Å². The second kappa shape index (κ2) is 10.0. The van der Waals surface area contributed by atoms with Crippen molar-refractivity contribution >= 4 is 17.4 Å². The number of nitrogens with zero attached hydrogens (tertiary/aromatic N) is 1. The van der Waals surface area contributed by atoms with E-state index in [1.165, 1.54) is 23.7 Å². The zero-order chi connectivity index (χ0) is 21.6. The summed E-state index contributed by atoms with van der Waals surface area (Å²) in [5.74, 6) is 0.753. The molecule has 162 valence electrons. The van der Waals surface area contributed by atoms with Crippen LogP contribution in [0.5, 0.6) is 5.75 Å². The third kappa shape index (κ3) is 5.48. The molecule has 0 unspecified atom stereocenters. The third-order valence-electron chi connectivity index (χ3n) is 5.46. The van der Waals surface area contributed by atoms with Crippen LogP contribution in [0.15, 0.2) is 48.5 Å². The number of nitrogens with one attached hydrogen (secondary N) is 1. The molecule has 1 aliphatic heterocycles. The molecule has 31 heavy (non-hydrogen) atoms. The van der Waals surface area contributed by atoms with E-state index < -0.39 is 0 Å². The number of rotatable bonds is 7. The number of aromatic nitrogens is 1. The monoisotopic (exact) mass is 440 g/mol. The zero-order valence-electron chi connectivity index (χ0n) is 17.4. The normalized spacial score (nSPS) is 14.4. The van der Waals surface area contributed by atoms with Crippen LogP contribution in [0.25, 0.3) is 21.7 Å². The molecule has 0 aliphatic carbocycles. The maximum Gasteiger partial charge on any atom is 0.257 e. The Morgan fingerprint density at radius 3 is 2.52 bits per heavy atom. The van der Waals surface area contributed by atoms with Crippen LogP contribution in [-0.2, 0) is 9.53 Å². The summed E-state index contributed by atoms with van der Waals surface area (Å²) in [6.45, 7) is 4.22. The first-order chi connectivity index (χ1) is 15.1. The van der Waals surface area contributed by atoms with E-state index in [-0.39, 0.29) is 18.3 Å². The van der Waals surface area contributed by atoms with E-state index >= 15 is 0 Å². The molecule has 1 saturated heterocycles. The lowest BCUT2D eigenvalue weighted by atomic mass is 10.0. The number of halogens is 1. The highest BCUT2D eigenvalue weighted by Gasteiger charge is 2.15. The molecular weight excluding hydrogens is 415 g/mol. The third-order valence-corrected chi connectivity index (χ3v) is 6.46. The molecule has 3 aromatic rings. The van der Waals surface area contributed by atoms with E-state index in [1.807, 2.05) is 31.2 Å². The Kier molecular flexibility index (Phi) is 6.94. The summed E-state index contributed by atoms with van der Waals surface area (Å²) in [4.78, 5) is 13.1. The van der Waals surface area contributed by atoms with Gasteiger partial charge in [0, 0.05) is 25.3 Å². The van der Waals surface area contributed by atoms with Gasteiger partial charge < -0.3 is 14.8 Å². The first-order valence-corrected chi connectivity index (χ1v) is 11.2. The molecule has 1 amide bonds. The number of hydrogen-bond donors (Lipinski definition) is 1. The molecule has 1 N–H and O–H groups in total. The molecule has 0 radical (unpaired) electrons. The van der Waals surface area contributed by atoms with Gasteiger partial charge in [-0.3, -0.25) is 4.79 Å². The Balaban J connectivity index is 1.33. The number of amides is 1. The Bertz CT molecular complexity index is 1010. The highest BCUT2D eigenvalue weighted by molar-refractivity contribution is 7.10. The zero-order valence-corrected chi connectivity index (χ0v) is 18.2. The number of benzene rings is 2. The van der Waals surface area contributed by atoms with Crippen LogP contribution in [0, 0.1) is 18.7 Å². The lowest BCUT2D eigenvalue weighted by Gasteiger charge is -2.22. The SMILES string of the molecule is Cc1c(-c2ccc(OCC(=O)NCC3CCOCC3)cc2)nsc1-c1ccc(F)cc1. The Morgan fingerprint density at radius 1 is 1.13 bits per heavy atom. The van der Waals surface area contributed by atoms with Crippen molar-refractivity contribution < 1.29 is 18.7 Å². The molecule has 5 nitrogen and oxygen atoms in total. The van der Waals surface area contributed by atoms with Crippen LogP contribution in [0.2, 0.25) is 0 Å². The highest BCUT2D eigenvalue weighted by atomic mass is 32.1. The summed E-state index contributed by atoms with van der Waals surface area (Å²) in [6.07, 6.45) is 1.98. The average Bonchev–Trinajstić information content (AvgIpc) is 3.19. The minimum atomic E-state index is -0.251. The fourth-order valence-electron chi connectivity index (χ4n) is 3.59. The highest BCUT2D eigenvalue weighted by Crippen LogP contribution is 2.35. The van der Waals surface area contributed by atoms with Crippen LogP contribution in [0.4, 0.5) is 4.39 Å². The van der Waals surface area contributed by atoms with Crippen molar-refractivity contribution in [3.05, 3.63) is 59.9 Å². The fraction of sp³-hybridized carbons (Fsp3) is 0.333. The largest absolute Gasteiger partial charge is 0.484 e. The van der Waals surface area contributed by atoms with Crippen molar-refractivity contribution in [3.8, 4) is 27.4 Å². The maximum atomic E-state index is 13.2. The van der Waals surface area contributed by atoms with Crippen LogP contribution < -0.4 is 10.1 Å². The molecule has 0 atom stereocenters. The van der Waals surface area contributed by atoms with Gasteiger partial charge >= 0.3 is 0 Å². The lowest BCUT2D eigenvalue weighted by molar-refractivity contribution is -0.123. The number of carbonyl (C=O) groups excluding carboxylic acids is 1. The second-order valence-electron chi connectivity index (χ2n) is 7.67. The Labute approximate surface area is 185 Å². The van der Waals surface area contributed by atoms with Crippen LogP contribution >= 0.6 is 11.5 Å². The number of ether oxygens (including phenoxy) is 2. The molecular formula is C24H25FN2O3S. The van der Waals surface area contributed by atoms with Gasteiger partial charge in [0.05, 0.1) is 10.6 Å². The Morgan fingerprint density at radius 2 is 1.81 bits per heavy atom. The van der Waals surface area contributed by atoms with Gasteiger partial charge in [-0.2, -0.15) is 4.37 Å². The van der Waals surface area contributed by atoms with Gasteiger partial charge in [-0.15, -0.1) is 0 Å². The molecule has 4 rings (SSSR count). The lowest BCUT2D eigenvalue weighted by Crippen LogP contribution is -2.35. The smallest absolute Gasteiger partial charge is 0.257 e. The molecule has 1 aliphatic rings. The molecule has 0 spiro atoms. The minimum Gasteiger partial charge on any atom is -0.484 e. The maximum absolute atomic E-state index is 13.2. The van der Waals surface area contributed by atoms with E-state index in [0.717, 1.165) is 53.3 Å². The van der Waals surface area contributed by atoms with E-state index in [4.69, 9.17) is 9.47 Å². The first-order valence-electron chi connectivity index (χ1n) is 10.4. The molecule has 0 bridgehead atoms. The summed E-state index contributed by atoms with van der Waals surface area (Å²) in [7, 11) is 0. The molecule has 1 fully saturated rings. The molecule has 7 heteroatoms. The van der Waals surface area contributed by atoms with Crippen LogP contribution in [0.3, 0.4) is 0 Å². The standard InChI is InChI=1S/C24H25FN2O3S/c1-16-23(27-31-24(16)19-2-6-20(25)7-3-19)18-4-8-21(9-5-18)30-15-22(28)26-14-17-10-12-29-13-11-17/h2-9,17H,10-15H2,1H3,(H,26,28). The second-order valence-corrected chi connectivity index (χ2v) is 8.44. The fourth-order valence-corrected chi connectivity index (χ4v) is 4.49. The summed E-state index contributed by atoms with van der Waals surface area (Å²) < 4.78 is 28.7. The molecule has 2 heterocycles. The quantitative estimate of drug-likeness (QED) is 0.571. The van der Waals surface area contributed by atoms with Crippen LogP contribution in [-0.4, -0.2) is 36.6 Å². The van der Waals surface area contributed by atoms with Gasteiger partial charge in [-0.25, -0.2) is 4.39 Å². The predicted octanol–water partition coefficient (Wildman–Crippen LogP) is 4.85. The topological polar surface area (TPSA) is 60.5 Å². The average molecular weight is 441 g/mol. The minimum absolute atomic E-state index is 0.00693. The predicted molar refractivity (Wildman–Crippen MR) is 120 cm³/mol. The summed E-state index contributed by atoms with van der Waals surface area (Å²) in [5, 5.41) is 2.94. The van der Waals surface area contributed by atoms with E-state index in [2.05, 4.69) is 9.69 Å². The first kappa shape index (κ1) is 21.5. The van der Waals surface area contributed by atoms with Gasteiger partial charge in [-0.05, 0) is 84.7 Å². The molecule has 1 aromatic heterocycles. The summed E-state index contributed by atoms with van der Waals surface area (Å²) in [5.41, 5.74) is 3.87. The van der Waals surface area contributed by atoms with Gasteiger partial charge in [-0.1, -0.05) is 12.1 Å². The summed E-state index contributed by atoms with van der Waals surface area (Å²) >= 11 is 1.40. The molecule has 2 aromatic carbocycles. The van der Waals surface area contributed by atoms with Gasteiger partial charge in [0.25, 0.3) is 5.91 Å². The van der Waals surface area contributed by atoms with Crippen LogP contribution in [0.1, 0.15) is 18.4 Å². The van der Waals surface area contributed by atoms with Crippen molar-refractivity contribution in [2.45, 2.75) is 19.8 Å². The van der Waals surface area contributed by atoms with Crippen molar-refractivity contribution in [1.29, 1.82) is 0 Å². The number of hydrogen-bond acceptors (Lipinski definition) is 5. The van der Waals surface area contributed by atoms with E-state index in [9.17, 15) is 9.18 Å². The van der Waals surface area contributed by atoms with Gasteiger partial charge in [0.15, 0.2) is 6.61 Å². The van der Waals surface area contributed by atoms with Gasteiger partial charge in [0.1, 0.15) is 11.6 Å². The Hall–Kier alpha value is -2.77. The van der Waals surface area contributed by atoms with Crippen molar-refractivity contribution in [2.75, 3.05) is 26.4 Å². The van der Waals surface area contributed by atoms with Gasteiger partial charge in [0.2, 0.25) is 0 Å². The molecule has 0 saturated carbocycles. The van der Waals surface area contributed by atoms with Crippen molar-refractivity contribution in [3.63, 3.8) is 0 Å². The summed E-state index contributed by atoms with van der Waals surface area (Å²) in [6, 6.07) is 14.0.